The number of nitrogens with zero attached hydrogens (tertiary/aromatic N) is 1. The number of halogens is 1. The molecule has 19 heavy (non-hydrogen) atoms. The van der Waals surface area contributed by atoms with Crippen LogP contribution in [0.15, 0.2) is 34.9 Å². The van der Waals surface area contributed by atoms with Gasteiger partial charge in [0.15, 0.2) is 11.5 Å². The van der Waals surface area contributed by atoms with Crippen molar-refractivity contribution >= 4 is 23.2 Å². The predicted octanol–water partition coefficient (Wildman–Crippen LogP) is 2.81. The first kappa shape index (κ1) is 13.6. The molecule has 0 unspecified atom stereocenters. The van der Waals surface area contributed by atoms with E-state index in [1.54, 1.807) is 25.3 Å². The van der Waals surface area contributed by atoms with Gasteiger partial charge in [-0.2, -0.15) is 0 Å². The second-order valence-corrected chi connectivity index (χ2v) is 4.17. The normalized spacial score (nSPS) is 10.4. The van der Waals surface area contributed by atoms with E-state index in [9.17, 15) is 4.79 Å². The second-order valence-electron chi connectivity index (χ2n) is 3.90. The van der Waals surface area contributed by atoms with Crippen molar-refractivity contribution in [1.82, 2.24) is 5.16 Å². The van der Waals surface area contributed by atoms with Crippen molar-refractivity contribution in [2.75, 3.05) is 12.4 Å². The molecule has 0 aliphatic heterocycles. The van der Waals surface area contributed by atoms with E-state index in [4.69, 9.17) is 20.9 Å². The fourth-order valence-corrected chi connectivity index (χ4v) is 1.72. The van der Waals surface area contributed by atoms with Gasteiger partial charge >= 0.3 is 0 Å². The van der Waals surface area contributed by atoms with E-state index in [2.05, 4.69) is 10.5 Å². The third kappa shape index (κ3) is 3.56. The zero-order chi connectivity index (χ0) is 13.7. The Kier molecular flexibility index (Phi) is 4.54. The Morgan fingerprint density at radius 3 is 3.05 bits per heavy atom. The lowest BCUT2D eigenvalue weighted by atomic mass is 10.2. The molecule has 1 aromatic heterocycles. The zero-order valence-electron chi connectivity index (χ0n) is 10.4. The summed E-state index contributed by atoms with van der Waals surface area (Å²) in [6.07, 6.45) is 0. The molecule has 0 spiro atoms. The molecule has 0 saturated carbocycles. The van der Waals surface area contributed by atoms with Gasteiger partial charge in [0.1, 0.15) is 6.61 Å². The number of benzene rings is 1. The van der Waals surface area contributed by atoms with Gasteiger partial charge in [-0.25, -0.2) is 0 Å². The molecule has 0 aliphatic rings. The molecule has 5 nitrogen and oxygen atoms in total. The van der Waals surface area contributed by atoms with E-state index < -0.39 is 0 Å². The number of carbonyl (C=O) groups is 1. The van der Waals surface area contributed by atoms with Gasteiger partial charge in [-0.3, -0.25) is 4.79 Å². The van der Waals surface area contributed by atoms with Gasteiger partial charge in [0, 0.05) is 24.7 Å². The number of ether oxygens (including phenoxy) is 1. The van der Waals surface area contributed by atoms with Crippen molar-refractivity contribution in [1.29, 1.82) is 0 Å². The van der Waals surface area contributed by atoms with Gasteiger partial charge in [-0.1, -0.05) is 17.3 Å². The lowest BCUT2D eigenvalue weighted by molar-refractivity contribution is 0.101. The molecular formula is C13H13ClN2O3. The molecule has 0 aliphatic carbocycles. The minimum Gasteiger partial charge on any atom is -0.377 e. The van der Waals surface area contributed by atoms with Gasteiger partial charge in [0.25, 0.3) is 5.91 Å². The maximum atomic E-state index is 11.9. The Morgan fingerprint density at radius 2 is 2.32 bits per heavy atom. The van der Waals surface area contributed by atoms with Gasteiger partial charge in [-0.15, -0.1) is 11.6 Å². The van der Waals surface area contributed by atoms with E-state index in [1.807, 2.05) is 12.1 Å². The number of methoxy groups -OCH3 is 1. The van der Waals surface area contributed by atoms with Crippen LogP contribution in [-0.2, 0) is 17.2 Å². The summed E-state index contributed by atoms with van der Waals surface area (Å²) in [6, 6.07) is 8.84. The number of hydrogen-bond acceptors (Lipinski definition) is 4. The highest BCUT2D eigenvalue weighted by Crippen LogP contribution is 2.14. The van der Waals surface area contributed by atoms with Crippen molar-refractivity contribution in [3.63, 3.8) is 0 Å². The molecule has 0 fully saturated rings. The number of nitrogens with one attached hydrogen (secondary N) is 1. The molecule has 2 aromatic rings. The lowest BCUT2D eigenvalue weighted by Gasteiger charge is -2.03. The molecule has 2 rings (SSSR count). The molecule has 1 heterocycles. The maximum Gasteiger partial charge on any atom is 0.277 e. The van der Waals surface area contributed by atoms with Crippen LogP contribution >= 0.6 is 11.6 Å². The molecule has 0 atom stereocenters. The van der Waals surface area contributed by atoms with Crippen molar-refractivity contribution < 1.29 is 14.1 Å². The minimum atomic E-state index is -0.335. The first-order valence-corrected chi connectivity index (χ1v) is 6.17. The molecule has 0 bridgehead atoms. The zero-order valence-corrected chi connectivity index (χ0v) is 11.1. The molecular weight excluding hydrogens is 268 g/mol. The summed E-state index contributed by atoms with van der Waals surface area (Å²) in [5.74, 6) is 0.561. The van der Waals surface area contributed by atoms with Crippen LogP contribution in [0.2, 0.25) is 0 Å². The van der Waals surface area contributed by atoms with Crippen LogP contribution in [0.5, 0.6) is 0 Å². The highest BCUT2D eigenvalue weighted by molar-refractivity contribution is 6.17. The number of carbonyl (C=O) groups excluding carboxylic acids is 1. The summed E-state index contributed by atoms with van der Waals surface area (Å²) in [4.78, 5) is 11.9. The van der Waals surface area contributed by atoms with Crippen LogP contribution in [0.3, 0.4) is 0 Å². The Morgan fingerprint density at radius 1 is 1.47 bits per heavy atom. The fraction of sp³-hybridized carbons (Fsp3) is 0.231. The lowest BCUT2D eigenvalue weighted by Crippen LogP contribution is -2.12. The Labute approximate surface area is 115 Å². The summed E-state index contributed by atoms with van der Waals surface area (Å²) < 4.78 is 9.84. The summed E-state index contributed by atoms with van der Waals surface area (Å²) in [5.41, 5.74) is 1.81. The van der Waals surface area contributed by atoms with Crippen molar-refractivity contribution in [3.05, 3.63) is 47.3 Å². The Balaban J connectivity index is 2.06. The molecule has 0 saturated heterocycles. The van der Waals surface area contributed by atoms with Gasteiger partial charge in [0.05, 0.1) is 0 Å². The van der Waals surface area contributed by atoms with E-state index >= 15 is 0 Å². The average Bonchev–Trinajstić information content (AvgIpc) is 2.88. The number of anilines is 1. The minimum absolute atomic E-state index is 0.211. The summed E-state index contributed by atoms with van der Waals surface area (Å²) in [5, 5.41) is 6.41. The SMILES string of the molecule is COCc1cc(C(=O)Nc2cccc(CCl)c2)no1. The number of amides is 1. The van der Waals surface area contributed by atoms with Crippen molar-refractivity contribution in [3.8, 4) is 0 Å². The molecule has 6 heteroatoms. The standard InChI is InChI=1S/C13H13ClN2O3/c1-18-8-11-6-12(16-19-11)13(17)15-10-4-2-3-9(5-10)7-14/h2-6H,7-8H2,1H3,(H,15,17). The molecule has 1 amide bonds. The van der Waals surface area contributed by atoms with E-state index in [0.29, 0.717) is 17.3 Å². The number of aromatic nitrogens is 1. The largest absolute Gasteiger partial charge is 0.377 e. The Hall–Kier alpha value is -1.85. The van der Waals surface area contributed by atoms with Gasteiger partial charge in [-0.05, 0) is 17.7 Å². The van der Waals surface area contributed by atoms with Crippen LogP contribution in [0.4, 0.5) is 5.69 Å². The second kappa shape index (κ2) is 6.36. The van der Waals surface area contributed by atoms with Gasteiger partial charge < -0.3 is 14.6 Å². The van der Waals surface area contributed by atoms with Crippen molar-refractivity contribution in [2.45, 2.75) is 12.5 Å². The van der Waals surface area contributed by atoms with E-state index in [0.717, 1.165) is 5.56 Å². The van der Waals surface area contributed by atoms with E-state index in [1.165, 1.54) is 0 Å². The Bertz CT molecular complexity index is 569. The first-order chi connectivity index (χ1) is 9.22. The molecule has 100 valence electrons. The summed E-state index contributed by atoms with van der Waals surface area (Å²) >= 11 is 5.74. The first-order valence-electron chi connectivity index (χ1n) is 5.63. The fourth-order valence-electron chi connectivity index (χ4n) is 1.56. The highest BCUT2D eigenvalue weighted by Gasteiger charge is 2.12. The monoisotopic (exact) mass is 280 g/mol. The van der Waals surface area contributed by atoms with Crippen LogP contribution in [0.1, 0.15) is 21.8 Å². The highest BCUT2D eigenvalue weighted by atomic mass is 35.5. The smallest absolute Gasteiger partial charge is 0.277 e. The molecule has 0 radical (unpaired) electrons. The number of alkyl halides is 1. The quantitative estimate of drug-likeness (QED) is 0.856. The number of hydrogen-bond donors (Lipinski definition) is 1. The van der Waals surface area contributed by atoms with Crippen LogP contribution in [0.25, 0.3) is 0 Å². The predicted molar refractivity (Wildman–Crippen MR) is 71.2 cm³/mol. The van der Waals surface area contributed by atoms with E-state index in [-0.39, 0.29) is 18.2 Å². The third-order valence-electron chi connectivity index (χ3n) is 2.42. The summed E-state index contributed by atoms with van der Waals surface area (Å²) in [7, 11) is 1.54. The topological polar surface area (TPSA) is 64.4 Å². The van der Waals surface area contributed by atoms with Crippen LogP contribution in [-0.4, -0.2) is 18.2 Å². The molecule has 1 N–H and O–H groups in total. The van der Waals surface area contributed by atoms with Gasteiger partial charge in [0.2, 0.25) is 0 Å². The van der Waals surface area contributed by atoms with Crippen LogP contribution in [0, 0.1) is 0 Å². The third-order valence-corrected chi connectivity index (χ3v) is 2.73. The average molecular weight is 281 g/mol. The van der Waals surface area contributed by atoms with Crippen molar-refractivity contribution in [2.24, 2.45) is 0 Å². The number of rotatable bonds is 5. The molecule has 1 aromatic carbocycles. The van der Waals surface area contributed by atoms with Crippen LogP contribution < -0.4 is 5.32 Å². The maximum absolute atomic E-state index is 11.9. The summed E-state index contributed by atoms with van der Waals surface area (Å²) in [6.45, 7) is 0.280.